The third kappa shape index (κ3) is 2.25. The molecule has 0 spiro atoms. The minimum atomic E-state index is 0.559. The van der Waals surface area contributed by atoms with Crippen LogP contribution in [0.1, 0.15) is 16.7 Å². The summed E-state index contributed by atoms with van der Waals surface area (Å²) in [6.07, 6.45) is 3.87. The van der Waals surface area contributed by atoms with Gasteiger partial charge >= 0.3 is 0 Å². The molecule has 0 radical (unpaired) electrons. The van der Waals surface area contributed by atoms with Crippen LogP contribution in [0.15, 0.2) is 75.8 Å². The van der Waals surface area contributed by atoms with Crippen LogP contribution in [0.4, 0.5) is 0 Å². The summed E-state index contributed by atoms with van der Waals surface area (Å²) >= 11 is 0. The molecule has 6 rings (SSSR count). The van der Waals surface area contributed by atoms with Crippen molar-refractivity contribution in [2.75, 3.05) is 0 Å². The Morgan fingerprint density at radius 3 is 2.40 bits per heavy atom. The fourth-order valence-electron chi connectivity index (χ4n) is 4.56. The Bertz CT molecular complexity index is 1560. The fraction of sp³-hybridized carbons (Fsp3) is 0.115. The normalized spacial score (nSPS) is 11.8. The molecule has 146 valence electrons. The number of aryl methyl sites for hydroxylation is 3. The van der Waals surface area contributed by atoms with Gasteiger partial charge in [0.15, 0.2) is 0 Å². The summed E-state index contributed by atoms with van der Waals surface area (Å²) in [6, 6.07) is 18.7. The molecule has 0 aliphatic rings. The van der Waals surface area contributed by atoms with Crippen LogP contribution in [0.5, 0.6) is 0 Å². The predicted octanol–water partition coefficient (Wildman–Crippen LogP) is 7.11. The maximum absolute atomic E-state index is 6.30. The first-order valence-corrected chi connectivity index (χ1v) is 10.1. The van der Waals surface area contributed by atoms with E-state index in [2.05, 4.69) is 61.7 Å². The SMILES string of the molecule is Cc1cccc(C)c1-n1ccnc1-c1c(C)ccc2c1oc1oc3ccccc3c12. The Kier molecular flexibility index (Phi) is 3.48. The monoisotopic (exact) mass is 392 g/mol. The van der Waals surface area contributed by atoms with Crippen LogP contribution >= 0.6 is 0 Å². The molecule has 6 aromatic rings. The van der Waals surface area contributed by atoms with Crippen molar-refractivity contribution in [1.82, 2.24) is 9.55 Å². The van der Waals surface area contributed by atoms with Gasteiger partial charge in [-0.2, -0.15) is 0 Å². The maximum Gasteiger partial charge on any atom is 0.299 e. The van der Waals surface area contributed by atoms with Crippen molar-refractivity contribution in [1.29, 1.82) is 0 Å². The Morgan fingerprint density at radius 2 is 1.57 bits per heavy atom. The van der Waals surface area contributed by atoms with E-state index in [0.29, 0.717) is 5.78 Å². The second-order valence-corrected chi connectivity index (χ2v) is 7.86. The quantitative estimate of drug-likeness (QED) is 0.315. The van der Waals surface area contributed by atoms with E-state index in [1.165, 1.54) is 11.1 Å². The van der Waals surface area contributed by atoms with Gasteiger partial charge in [0.05, 0.1) is 16.6 Å². The van der Waals surface area contributed by atoms with E-state index < -0.39 is 0 Å². The molecular weight excluding hydrogens is 372 g/mol. The van der Waals surface area contributed by atoms with E-state index in [1.54, 1.807) is 0 Å². The van der Waals surface area contributed by atoms with Crippen molar-refractivity contribution in [2.45, 2.75) is 20.8 Å². The summed E-state index contributed by atoms with van der Waals surface area (Å²) < 4.78 is 14.5. The van der Waals surface area contributed by atoms with Crippen molar-refractivity contribution in [3.05, 3.63) is 83.7 Å². The standard InChI is InChI=1S/C26H20N2O2/c1-15-11-12-19-22-18-9-4-5-10-20(18)29-26(22)30-24(19)21(15)25-27-13-14-28(25)23-16(2)7-6-8-17(23)3/h4-14H,1-3H3. The average Bonchev–Trinajstić information content (AvgIpc) is 3.41. The molecule has 0 N–H and O–H groups in total. The highest BCUT2D eigenvalue weighted by atomic mass is 16.5. The lowest BCUT2D eigenvalue weighted by atomic mass is 10.0. The van der Waals surface area contributed by atoms with Gasteiger partial charge in [-0.15, -0.1) is 0 Å². The van der Waals surface area contributed by atoms with Gasteiger partial charge in [0.1, 0.15) is 17.0 Å². The molecule has 4 nitrogen and oxygen atoms in total. The van der Waals surface area contributed by atoms with Crippen molar-refractivity contribution >= 4 is 33.1 Å². The zero-order valence-corrected chi connectivity index (χ0v) is 17.1. The van der Waals surface area contributed by atoms with E-state index in [9.17, 15) is 0 Å². The molecular formula is C26H20N2O2. The number of furan rings is 2. The first-order chi connectivity index (χ1) is 14.6. The smallest absolute Gasteiger partial charge is 0.299 e. The molecule has 3 heterocycles. The maximum atomic E-state index is 6.30. The molecule has 0 aliphatic carbocycles. The van der Waals surface area contributed by atoms with Crippen molar-refractivity contribution in [2.24, 2.45) is 0 Å². The second-order valence-electron chi connectivity index (χ2n) is 7.86. The van der Waals surface area contributed by atoms with E-state index in [0.717, 1.165) is 50.0 Å². The first-order valence-electron chi connectivity index (χ1n) is 10.1. The summed E-state index contributed by atoms with van der Waals surface area (Å²) in [4.78, 5) is 4.75. The van der Waals surface area contributed by atoms with Gasteiger partial charge in [0.2, 0.25) is 0 Å². The van der Waals surface area contributed by atoms with Gasteiger partial charge in [-0.1, -0.05) is 48.5 Å². The van der Waals surface area contributed by atoms with Gasteiger partial charge in [0.25, 0.3) is 5.78 Å². The Labute approximate surface area is 173 Å². The molecule has 0 fully saturated rings. The lowest BCUT2D eigenvalue weighted by Crippen LogP contribution is -2.02. The third-order valence-electron chi connectivity index (χ3n) is 5.94. The lowest BCUT2D eigenvalue weighted by molar-refractivity contribution is 0.525. The van der Waals surface area contributed by atoms with Crippen LogP contribution in [0.3, 0.4) is 0 Å². The number of imidazole rings is 1. The Morgan fingerprint density at radius 1 is 0.767 bits per heavy atom. The van der Waals surface area contributed by atoms with Crippen LogP contribution in [-0.2, 0) is 0 Å². The van der Waals surface area contributed by atoms with E-state index in [-0.39, 0.29) is 0 Å². The lowest BCUT2D eigenvalue weighted by Gasteiger charge is -2.15. The highest BCUT2D eigenvalue weighted by Crippen LogP contribution is 2.42. The molecule has 0 unspecified atom stereocenters. The molecule has 0 bridgehead atoms. The summed E-state index contributed by atoms with van der Waals surface area (Å²) in [5, 5.41) is 3.14. The molecule has 0 amide bonds. The van der Waals surface area contributed by atoms with Gasteiger partial charge in [-0.05, 0) is 43.5 Å². The van der Waals surface area contributed by atoms with Crippen molar-refractivity contribution in [3.63, 3.8) is 0 Å². The van der Waals surface area contributed by atoms with Gasteiger partial charge in [-0.3, -0.25) is 4.57 Å². The topological polar surface area (TPSA) is 44.1 Å². The van der Waals surface area contributed by atoms with Crippen LogP contribution in [0, 0.1) is 20.8 Å². The zero-order chi connectivity index (χ0) is 20.4. The average molecular weight is 392 g/mol. The number of benzene rings is 3. The Hall–Kier alpha value is -3.79. The van der Waals surface area contributed by atoms with Gasteiger partial charge in [-0.25, -0.2) is 4.98 Å². The minimum Gasteiger partial charge on any atom is -0.425 e. The second kappa shape index (κ2) is 6.10. The molecule has 4 heteroatoms. The van der Waals surface area contributed by atoms with E-state index >= 15 is 0 Å². The van der Waals surface area contributed by atoms with Crippen molar-refractivity contribution in [3.8, 4) is 17.1 Å². The molecule has 0 saturated heterocycles. The predicted molar refractivity (Wildman–Crippen MR) is 120 cm³/mol. The number of aromatic nitrogens is 2. The number of fused-ring (bicyclic) bond motifs is 5. The highest BCUT2D eigenvalue weighted by Gasteiger charge is 2.22. The summed E-state index contributed by atoms with van der Waals surface area (Å²) in [7, 11) is 0. The fourth-order valence-corrected chi connectivity index (χ4v) is 4.56. The third-order valence-corrected chi connectivity index (χ3v) is 5.94. The summed E-state index contributed by atoms with van der Waals surface area (Å²) in [5.41, 5.74) is 7.33. The van der Waals surface area contributed by atoms with Crippen LogP contribution in [0.2, 0.25) is 0 Å². The molecule has 0 saturated carbocycles. The zero-order valence-electron chi connectivity index (χ0n) is 17.1. The van der Waals surface area contributed by atoms with Crippen molar-refractivity contribution < 1.29 is 8.83 Å². The molecule has 0 aliphatic heterocycles. The summed E-state index contributed by atoms with van der Waals surface area (Å²) in [5.74, 6) is 1.43. The molecule has 3 aromatic heterocycles. The van der Waals surface area contributed by atoms with Crippen LogP contribution in [0.25, 0.3) is 50.2 Å². The van der Waals surface area contributed by atoms with E-state index in [4.69, 9.17) is 13.8 Å². The first kappa shape index (κ1) is 17.1. The molecule has 30 heavy (non-hydrogen) atoms. The number of nitrogens with zero attached hydrogens (tertiary/aromatic N) is 2. The summed E-state index contributed by atoms with van der Waals surface area (Å²) in [6.45, 7) is 6.36. The number of para-hydroxylation sites is 2. The molecule has 0 atom stereocenters. The highest BCUT2D eigenvalue weighted by molar-refractivity contribution is 6.19. The van der Waals surface area contributed by atoms with Gasteiger partial charge in [0, 0.05) is 23.2 Å². The van der Waals surface area contributed by atoms with Gasteiger partial charge < -0.3 is 8.83 Å². The largest absolute Gasteiger partial charge is 0.425 e. The number of rotatable bonds is 2. The number of hydrogen-bond acceptors (Lipinski definition) is 3. The van der Waals surface area contributed by atoms with Crippen LogP contribution < -0.4 is 0 Å². The van der Waals surface area contributed by atoms with E-state index in [1.807, 2.05) is 30.6 Å². The molecule has 3 aromatic carbocycles. The Balaban J connectivity index is 1.70. The van der Waals surface area contributed by atoms with Crippen LogP contribution in [-0.4, -0.2) is 9.55 Å². The number of hydrogen-bond donors (Lipinski definition) is 0. The minimum absolute atomic E-state index is 0.559.